The zero-order valence-electron chi connectivity index (χ0n) is 11.8. The van der Waals surface area contributed by atoms with Crippen LogP contribution >= 0.6 is 0 Å². The van der Waals surface area contributed by atoms with E-state index < -0.39 is 0 Å². The summed E-state index contributed by atoms with van der Waals surface area (Å²) in [6.07, 6.45) is 2.57. The van der Waals surface area contributed by atoms with E-state index in [4.69, 9.17) is 9.84 Å². The third kappa shape index (κ3) is 4.52. The molecule has 0 aliphatic rings. The van der Waals surface area contributed by atoms with Crippen molar-refractivity contribution in [1.82, 2.24) is 14.9 Å². The molecular weight excluding hydrogens is 254 g/mol. The van der Waals surface area contributed by atoms with Crippen LogP contribution < -0.4 is 0 Å². The molecule has 20 heavy (non-hydrogen) atoms. The number of para-hydroxylation sites is 2. The molecule has 0 bridgehead atoms. The number of aliphatic hydroxyl groups is 1. The van der Waals surface area contributed by atoms with Gasteiger partial charge in [-0.15, -0.1) is 0 Å². The molecule has 0 spiro atoms. The van der Waals surface area contributed by atoms with Gasteiger partial charge in [-0.1, -0.05) is 12.1 Å². The second kappa shape index (κ2) is 7.89. The van der Waals surface area contributed by atoms with Crippen molar-refractivity contribution in [3.63, 3.8) is 0 Å². The van der Waals surface area contributed by atoms with E-state index in [0.717, 1.165) is 29.7 Å². The normalized spacial score (nSPS) is 11.3. The van der Waals surface area contributed by atoms with Gasteiger partial charge in [-0.05, 0) is 19.2 Å². The fraction of sp³-hybridized carbons (Fsp3) is 0.467. The van der Waals surface area contributed by atoms with Crippen LogP contribution in [0.3, 0.4) is 0 Å². The molecule has 0 unspecified atom stereocenters. The van der Waals surface area contributed by atoms with Gasteiger partial charge in [0.15, 0.2) is 0 Å². The first kappa shape index (κ1) is 14.8. The Morgan fingerprint density at radius 1 is 1.15 bits per heavy atom. The SMILES string of the molecule is CN(CCO)CCOCCc1cnc2ccccc2n1. The molecule has 0 radical (unpaired) electrons. The van der Waals surface area contributed by atoms with Crippen molar-refractivity contribution in [2.45, 2.75) is 6.42 Å². The minimum Gasteiger partial charge on any atom is -0.395 e. The predicted molar refractivity (Wildman–Crippen MR) is 78.6 cm³/mol. The number of aliphatic hydroxyl groups excluding tert-OH is 1. The van der Waals surface area contributed by atoms with E-state index in [0.29, 0.717) is 19.8 Å². The highest BCUT2D eigenvalue weighted by atomic mass is 16.5. The molecule has 0 fully saturated rings. The van der Waals surface area contributed by atoms with Crippen LogP contribution in [0.15, 0.2) is 30.5 Å². The van der Waals surface area contributed by atoms with Crippen molar-refractivity contribution in [3.8, 4) is 0 Å². The lowest BCUT2D eigenvalue weighted by atomic mass is 10.2. The van der Waals surface area contributed by atoms with Crippen LogP contribution in [0.5, 0.6) is 0 Å². The summed E-state index contributed by atoms with van der Waals surface area (Å²) in [5.41, 5.74) is 2.79. The topological polar surface area (TPSA) is 58.5 Å². The molecule has 2 rings (SSSR count). The molecule has 0 amide bonds. The summed E-state index contributed by atoms with van der Waals surface area (Å²) in [6.45, 7) is 2.99. The molecule has 2 aromatic rings. The van der Waals surface area contributed by atoms with E-state index in [1.165, 1.54) is 0 Å². The monoisotopic (exact) mass is 275 g/mol. The molecule has 0 saturated carbocycles. The molecule has 1 aromatic heterocycles. The van der Waals surface area contributed by atoms with Gasteiger partial charge in [-0.2, -0.15) is 0 Å². The molecule has 0 atom stereocenters. The zero-order valence-corrected chi connectivity index (χ0v) is 11.8. The highest BCUT2D eigenvalue weighted by molar-refractivity contribution is 5.73. The van der Waals surface area contributed by atoms with Gasteiger partial charge in [-0.25, -0.2) is 4.98 Å². The third-order valence-corrected chi connectivity index (χ3v) is 3.10. The first-order chi connectivity index (χ1) is 9.79. The van der Waals surface area contributed by atoms with E-state index in [-0.39, 0.29) is 6.61 Å². The first-order valence-corrected chi connectivity index (χ1v) is 6.87. The number of likely N-dealkylation sites (N-methyl/N-ethyl adjacent to an activating group) is 1. The number of benzene rings is 1. The number of rotatable bonds is 8. The second-order valence-electron chi connectivity index (χ2n) is 4.74. The highest BCUT2D eigenvalue weighted by Crippen LogP contribution is 2.08. The largest absolute Gasteiger partial charge is 0.395 e. The summed E-state index contributed by atoms with van der Waals surface area (Å²) >= 11 is 0. The number of hydrogen-bond donors (Lipinski definition) is 1. The maximum Gasteiger partial charge on any atom is 0.0890 e. The maximum atomic E-state index is 8.78. The number of ether oxygens (including phenoxy) is 1. The number of nitrogens with zero attached hydrogens (tertiary/aromatic N) is 3. The van der Waals surface area contributed by atoms with Crippen molar-refractivity contribution in [1.29, 1.82) is 0 Å². The van der Waals surface area contributed by atoms with Crippen LogP contribution in [0.4, 0.5) is 0 Å². The average Bonchev–Trinajstić information content (AvgIpc) is 2.47. The molecule has 5 heteroatoms. The Morgan fingerprint density at radius 2 is 1.95 bits per heavy atom. The Hall–Kier alpha value is -1.56. The second-order valence-corrected chi connectivity index (χ2v) is 4.74. The van der Waals surface area contributed by atoms with Crippen LogP contribution in [0, 0.1) is 0 Å². The lowest BCUT2D eigenvalue weighted by molar-refractivity contribution is 0.107. The van der Waals surface area contributed by atoms with E-state index in [1.807, 2.05) is 42.4 Å². The van der Waals surface area contributed by atoms with Crippen molar-refractivity contribution in [3.05, 3.63) is 36.2 Å². The van der Waals surface area contributed by atoms with Crippen LogP contribution in [0.25, 0.3) is 11.0 Å². The van der Waals surface area contributed by atoms with Crippen molar-refractivity contribution in [2.24, 2.45) is 0 Å². The van der Waals surface area contributed by atoms with Gasteiger partial charge in [-0.3, -0.25) is 4.98 Å². The molecule has 1 aromatic carbocycles. The molecule has 0 saturated heterocycles. The van der Waals surface area contributed by atoms with E-state index in [1.54, 1.807) is 0 Å². The summed E-state index contributed by atoms with van der Waals surface area (Å²) in [5.74, 6) is 0. The van der Waals surface area contributed by atoms with Gasteiger partial charge in [0.05, 0.1) is 36.5 Å². The fourth-order valence-electron chi connectivity index (χ4n) is 1.90. The van der Waals surface area contributed by atoms with Gasteiger partial charge < -0.3 is 14.7 Å². The number of aromatic nitrogens is 2. The molecule has 1 heterocycles. The van der Waals surface area contributed by atoms with E-state index in [9.17, 15) is 0 Å². The quantitative estimate of drug-likeness (QED) is 0.731. The molecular formula is C15H21N3O2. The Kier molecular flexibility index (Phi) is 5.86. The summed E-state index contributed by atoms with van der Waals surface area (Å²) in [5, 5.41) is 8.78. The van der Waals surface area contributed by atoms with Crippen LogP contribution in [0.1, 0.15) is 5.69 Å². The highest BCUT2D eigenvalue weighted by Gasteiger charge is 2.00. The molecule has 108 valence electrons. The van der Waals surface area contributed by atoms with Crippen LogP contribution in [-0.4, -0.2) is 59.9 Å². The van der Waals surface area contributed by atoms with Gasteiger partial charge in [0, 0.05) is 25.7 Å². The van der Waals surface area contributed by atoms with Gasteiger partial charge >= 0.3 is 0 Å². The average molecular weight is 275 g/mol. The van der Waals surface area contributed by atoms with Gasteiger partial charge in [0.1, 0.15) is 0 Å². The molecule has 1 N–H and O–H groups in total. The lowest BCUT2D eigenvalue weighted by Gasteiger charge is -2.14. The minimum atomic E-state index is 0.184. The molecule has 0 aliphatic carbocycles. The Balaban J connectivity index is 1.73. The zero-order chi connectivity index (χ0) is 14.2. The summed E-state index contributed by atoms with van der Waals surface area (Å²) < 4.78 is 5.58. The first-order valence-electron chi connectivity index (χ1n) is 6.87. The fourth-order valence-corrected chi connectivity index (χ4v) is 1.90. The van der Waals surface area contributed by atoms with Crippen molar-refractivity contribution in [2.75, 3.05) is 40.0 Å². The summed E-state index contributed by atoms with van der Waals surface area (Å²) in [4.78, 5) is 11.0. The molecule has 5 nitrogen and oxygen atoms in total. The molecule has 0 aliphatic heterocycles. The minimum absolute atomic E-state index is 0.184. The Bertz CT molecular complexity index is 533. The van der Waals surface area contributed by atoms with Gasteiger partial charge in [0.2, 0.25) is 0 Å². The third-order valence-electron chi connectivity index (χ3n) is 3.10. The smallest absolute Gasteiger partial charge is 0.0890 e. The maximum absolute atomic E-state index is 8.78. The lowest BCUT2D eigenvalue weighted by Crippen LogP contribution is -2.26. The standard InChI is InChI=1S/C15H21N3O2/c1-18(7-9-19)8-11-20-10-6-13-12-16-14-4-2-3-5-15(14)17-13/h2-5,12,19H,6-11H2,1H3. The van der Waals surface area contributed by atoms with Crippen LogP contribution in [0.2, 0.25) is 0 Å². The Morgan fingerprint density at radius 3 is 2.75 bits per heavy atom. The summed E-state index contributed by atoms with van der Waals surface area (Å²) in [7, 11) is 1.97. The van der Waals surface area contributed by atoms with Gasteiger partial charge in [0.25, 0.3) is 0 Å². The summed E-state index contributed by atoms with van der Waals surface area (Å²) in [6, 6.07) is 7.85. The number of hydrogen-bond acceptors (Lipinski definition) is 5. The number of fused-ring (bicyclic) bond motifs is 1. The van der Waals surface area contributed by atoms with Crippen LogP contribution in [-0.2, 0) is 11.2 Å². The Labute approximate surface area is 119 Å². The van der Waals surface area contributed by atoms with E-state index >= 15 is 0 Å². The van der Waals surface area contributed by atoms with Crippen molar-refractivity contribution >= 4 is 11.0 Å². The van der Waals surface area contributed by atoms with Crippen molar-refractivity contribution < 1.29 is 9.84 Å². The predicted octanol–water partition coefficient (Wildman–Crippen LogP) is 1.11. The van der Waals surface area contributed by atoms with E-state index in [2.05, 4.69) is 9.97 Å².